The van der Waals surface area contributed by atoms with E-state index in [9.17, 15) is 0 Å². The number of rotatable bonds is 2. The summed E-state index contributed by atoms with van der Waals surface area (Å²) in [6.07, 6.45) is 5.50. The summed E-state index contributed by atoms with van der Waals surface area (Å²) in [5.74, 6) is 0. The maximum absolute atomic E-state index is 8.63. The van der Waals surface area contributed by atoms with Gasteiger partial charge in [0.1, 0.15) is 6.07 Å². The van der Waals surface area contributed by atoms with Crippen LogP contribution in [0.4, 0.5) is 0 Å². The summed E-state index contributed by atoms with van der Waals surface area (Å²) in [6.45, 7) is 0. The lowest BCUT2D eigenvalue weighted by molar-refractivity contribution is 1.27. The molecule has 0 aliphatic heterocycles. The van der Waals surface area contributed by atoms with Gasteiger partial charge in [-0.3, -0.25) is 4.98 Å². The summed E-state index contributed by atoms with van der Waals surface area (Å²) in [5.41, 5.74) is 2.56. The van der Waals surface area contributed by atoms with Gasteiger partial charge in [-0.15, -0.1) is 0 Å². The van der Waals surface area contributed by atoms with Crippen molar-refractivity contribution in [2.24, 2.45) is 0 Å². The van der Waals surface area contributed by atoms with Crippen LogP contribution in [0.5, 0.6) is 0 Å². The molecule has 0 amide bonds. The highest BCUT2D eigenvalue weighted by Crippen LogP contribution is 2.06. The molecule has 0 atom stereocenters. The van der Waals surface area contributed by atoms with Crippen molar-refractivity contribution < 1.29 is 0 Å². The van der Waals surface area contributed by atoms with Crippen molar-refractivity contribution >= 4 is 12.2 Å². The average molecular weight is 206 g/mol. The van der Waals surface area contributed by atoms with E-state index >= 15 is 0 Å². The summed E-state index contributed by atoms with van der Waals surface area (Å²) in [4.78, 5) is 4.16. The quantitative estimate of drug-likeness (QED) is 0.756. The highest BCUT2D eigenvalue weighted by atomic mass is 14.7. The van der Waals surface area contributed by atoms with Gasteiger partial charge in [-0.25, -0.2) is 0 Å². The van der Waals surface area contributed by atoms with Gasteiger partial charge < -0.3 is 0 Å². The molecule has 0 unspecified atom stereocenters. The molecule has 0 saturated heterocycles. The zero-order valence-corrected chi connectivity index (χ0v) is 8.67. The zero-order valence-electron chi connectivity index (χ0n) is 8.67. The summed E-state index contributed by atoms with van der Waals surface area (Å²) in [6, 6.07) is 15.7. The highest BCUT2D eigenvalue weighted by Gasteiger charge is 1.90. The van der Waals surface area contributed by atoms with E-state index in [1.54, 1.807) is 12.3 Å². The van der Waals surface area contributed by atoms with Gasteiger partial charge >= 0.3 is 0 Å². The van der Waals surface area contributed by atoms with E-state index in [-0.39, 0.29) is 0 Å². The molecule has 0 spiro atoms. The maximum Gasteiger partial charge on any atom is 0.101 e. The molecular formula is C14H10N2. The Kier molecular flexibility index (Phi) is 3.10. The van der Waals surface area contributed by atoms with Gasteiger partial charge in [-0.05, 0) is 23.8 Å². The van der Waals surface area contributed by atoms with Crippen LogP contribution in [0, 0.1) is 11.3 Å². The maximum atomic E-state index is 8.63. The molecule has 0 saturated carbocycles. The number of nitrogens with zero attached hydrogens (tertiary/aromatic N) is 2. The molecule has 76 valence electrons. The zero-order chi connectivity index (χ0) is 11.2. The van der Waals surface area contributed by atoms with Crippen LogP contribution in [-0.2, 0) is 0 Å². The number of nitriles is 1. The summed E-state index contributed by atoms with van der Waals surface area (Å²) >= 11 is 0. The lowest BCUT2D eigenvalue weighted by Gasteiger charge is -1.93. The Labute approximate surface area is 94.5 Å². The highest BCUT2D eigenvalue weighted by molar-refractivity contribution is 5.67. The summed E-state index contributed by atoms with van der Waals surface area (Å²) < 4.78 is 0. The molecule has 2 rings (SSSR count). The Balaban J connectivity index is 2.15. The smallest absolute Gasteiger partial charge is 0.101 e. The van der Waals surface area contributed by atoms with Gasteiger partial charge in [0.2, 0.25) is 0 Å². The van der Waals surface area contributed by atoms with Crippen LogP contribution in [0.15, 0.2) is 48.7 Å². The monoisotopic (exact) mass is 206 g/mol. The summed E-state index contributed by atoms with van der Waals surface area (Å²) in [5, 5.41) is 8.63. The minimum absolute atomic E-state index is 0.580. The van der Waals surface area contributed by atoms with Crippen molar-refractivity contribution in [3.05, 3.63) is 65.5 Å². The lowest BCUT2D eigenvalue weighted by atomic mass is 10.2. The number of aromatic nitrogens is 1. The molecule has 1 heterocycles. The largest absolute Gasteiger partial charge is 0.256 e. The van der Waals surface area contributed by atoms with E-state index in [4.69, 9.17) is 5.26 Å². The third-order valence-corrected chi connectivity index (χ3v) is 2.16. The van der Waals surface area contributed by atoms with E-state index in [1.807, 2.05) is 54.6 Å². The average Bonchev–Trinajstić information content (AvgIpc) is 2.38. The van der Waals surface area contributed by atoms with Crippen molar-refractivity contribution in [2.45, 2.75) is 0 Å². The van der Waals surface area contributed by atoms with Gasteiger partial charge in [0.05, 0.1) is 11.3 Å². The molecule has 0 aliphatic carbocycles. The van der Waals surface area contributed by atoms with Crippen LogP contribution >= 0.6 is 0 Å². The molecule has 2 nitrogen and oxygen atoms in total. The fourth-order valence-corrected chi connectivity index (χ4v) is 1.32. The molecule has 0 radical (unpaired) electrons. The van der Waals surface area contributed by atoms with E-state index in [0.29, 0.717) is 5.56 Å². The lowest BCUT2D eigenvalue weighted by Crippen LogP contribution is -1.81. The number of hydrogen-bond donors (Lipinski definition) is 0. The third-order valence-electron chi connectivity index (χ3n) is 2.16. The van der Waals surface area contributed by atoms with Crippen molar-refractivity contribution in [2.75, 3.05) is 0 Å². The predicted octanol–water partition coefficient (Wildman–Crippen LogP) is 3.12. The van der Waals surface area contributed by atoms with Crippen LogP contribution in [0.1, 0.15) is 16.8 Å². The second-order valence-corrected chi connectivity index (χ2v) is 3.33. The number of hydrogen-bond acceptors (Lipinski definition) is 2. The minimum Gasteiger partial charge on any atom is -0.256 e. The van der Waals surface area contributed by atoms with Crippen LogP contribution in [0.25, 0.3) is 12.2 Å². The number of benzene rings is 1. The van der Waals surface area contributed by atoms with Crippen molar-refractivity contribution in [3.8, 4) is 6.07 Å². The third kappa shape index (κ3) is 2.55. The molecule has 2 heteroatoms. The van der Waals surface area contributed by atoms with Gasteiger partial charge in [-0.1, -0.05) is 36.4 Å². The second-order valence-electron chi connectivity index (χ2n) is 3.33. The second kappa shape index (κ2) is 4.90. The Morgan fingerprint density at radius 2 is 1.81 bits per heavy atom. The van der Waals surface area contributed by atoms with Crippen LogP contribution in [0.2, 0.25) is 0 Å². The Bertz CT molecular complexity index is 519. The Hall–Kier alpha value is -2.40. The SMILES string of the molecule is N#Cc1ccc(C=Cc2ccccc2)nc1. The first-order valence-electron chi connectivity index (χ1n) is 4.98. The topological polar surface area (TPSA) is 36.7 Å². The molecule has 1 aromatic carbocycles. The first-order chi connectivity index (χ1) is 7.88. The van der Waals surface area contributed by atoms with E-state index in [1.165, 1.54) is 0 Å². The molecule has 0 fully saturated rings. The first kappa shape index (κ1) is 10.1. The van der Waals surface area contributed by atoms with Gasteiger partial charge in [0, 0.05) is 6.20 Å². The standard InChI is InChI=1S/C14H10N2/c15-10-13-7-9-14(16-11-13)8-6-12-4-2-1-3-5-12/h1-9,11H. The Morgan fingerprint density at radius 1 is 1.00 bits per heavy atom. The van der Waals surface area contributed by atoms with E-state index < -0.39 is 0 Å². The van der Waals surface area contributed by atoms with Crippen LogP contribution in [0.3, 0.4) is 0 Å². The number of pyridine rings is 1. The van der Waals surface area contributed by atoms with E-state index in [0.717, 1.165) is 11.3 Å². The molecule has 0 bridgehead atoms. The minimum atomic E-state index is 0.580. The van der Waals surface area contributed by atoms with E-state index in [2.05, 4.69) is 4.98 Å². The fraction of sp³-hybridized carbons (Fsp3) is 0. The predicted molar refractivity (Wildman–Crippen MR) is 64.3 cm³/mol. The molecule has 0 aliphatic rings. The molecule has 2 aromatic rings. The molecule has 1 aromatic heterocycles. The summed E-state index contributed by atoms with van der Waals surface area (Å²) in [7, 11) is 0. The van der Waals surface area contributed by atoms with Gasteiger partial charge in [-0.2, -0.15) is 5.26 Å². The van der Waals surface area contributed by atoms with Crippen LogP contribution < -0.4 is 0 Å². The van der Waals surface area contributed by atoms with Crippen molar-refractivity contribution in [3.63, 3.8) is 0 Å². The Morgan fingerprint density at radius 3 is 2.44 bits per heavy atom. The van der Waals surface area contributed by atoms with Crippen LogP contribution in [-0.4, -0.2) is 4.98 Å². The molecular weight excluding hydrogens is 196 g/mol. The fourth-order valence-electron chi connectivity index (χ4n) is 1.32. The normalized spacial score (nSPS) is 10.2. The van der Waals surface area contributed by atoms with Crippen molar-refractivity contribution in [1.82, 2.24) is 4.98 Å². The molecule has 16 heavy (non-hydrogen) atoms. The van der Waals surface area contributed by atoms with Crippen molar-refractivity contribution in [1.29, 1.82) is 5.26 Å². The van der Waals surface area contributed by atoms with Gasteiger partial charge in [0.25, 0.3) is 0 Å². The first-order valence-corrected chi connectivity index (χ1v) is 4.98. The van der Waals surface area contributed by atoms with Gasteiger partial charge in [0.15, 0.2) is 0 Å². The molecule has 0 N–H and O–H groups in total.